The number of alkyl halides is 3. The van der Waals surface area contributed by atoms with Gasteiger partial charge >= 0.3 is 6.36 Å². The monoisotopic (exact) mass is 535 g/mol. The van der Waals surface area contributed by atoms with Crippen molar-refractivity contribution < 1.29 is 35.5 Å². The summed E-state index contributed by atoms with van der Waals surface area (Å²) in [6, 6.07) is 7.09. The largest absolute Gasteiger partial charge is 0.573 e. The van der Waals surface area contributed by atoms with E-state index in [0.717, 1.165) is 27.8 Å². The van der Waals surface area contributed by atoms with Gasteiger partial charge in [0, 0.05) is 12.1 Å². The van der Waals surface area contributed by atoms with Gasteiger partial charge in [0.25, 0.3) is 10.0 Å². The van der Waals surface area contributed by atoms with Crippen molar-refractivity contribution in [2.45, 2.75) is 36.0 Å². The highest BCUT2D eigenvalue weighted by Gasteiger charge is 2.40. The Morgan fingerprint density at radius 1 is 1.26 bits per heavy atom. The van der Waals surface area contributed by atoms with E-state index in [2.05, 4.69) is 15.0 Å². The molecule has 2 aromatic heterocycles. The van der Waals surface area contributed by atoms with Crippen LogP contribution in [0, 0.1) is 0 Å². The standard InChI is InChI=1S/C20H17ClF3N3O5S2/c21-16-7-8-18(33-16)34(29,30)27-9-1-2-15(27)19(28)25-10-17-26-14(11-31-17)12-3-5-13(6-4-12)32-20(22,23)24/h3-8,11,15H,1-2,9-10H2,(H,25,28)/t15-/m0/s1. The zero-order valence-electron chi connectivity index (χ0n) is 17.2. The number of oxazole rings is 1. The molecular weight excluding hydrogens is 519 g/mol. The minimum atomic E-state index is -4.79. The molecule has 1 amide bonds. The fourth-order valence-electron chi connectivity index (χ4n) is 3.47. The molecule has 8 nitrogen and oxygen atoms in total. The maximum absolute atomic E-state index is 12.9. The van der Waals surface area contributed by atoms with Crippen molar-refractivity contribution in [2.75, 3.05) is 6.54 Å². The van der Waals surface area contributed by atoms with Crippen molar-refractivity contribution in [2.24, 2.45) is 0 Å². The number of thiophene rings is 1. The molecule has 4 rings (SSSR count). The van der Waals surface area contributed by atoms with E-state index in [1.807, 2.05) is 0 Å². The Morgan fingerprint density at radius 2 is 2.00 bits per heavy atom. The summed E-state index contributed by atoms with van der Waals surface area (Å²) < 4.78 is 73.4. The van der Waals surface area contributed by atoms with Crippen molar-refractivity contribution in [1.29, 1.82) is 0 Å². The molecule has 1 aliphatic rings. The summed E-state index contributed by atoms with van der Waals surface area (Å²) in [5.74, 6) is -0.707. The van der Waals surface area contributed by atoms with Gasteiger partial charge in [0.2, 0.25) is 11.8 Å². The van der Waals surface area contributed by atoms with Gasteiger partial charge in [-0.2, -0.15) is 4.31 Å². The minimum Gasteiger partial charge on any atom is -0.446 e. The van der Waals surface area contributed by atoms with E-state index < -0.39 is 28.3 Å². The molecule has 3 aromatic rings. The number of sulfonamides is 1. The molecule has 0 saturated carbocycles. The fourth-order valence-corrected chi connectivity index (χ4v) is 6.74. The van der Waals surface area contributed by atoms with Gasteiger partial charge in [-0.3, -0.25) is 4.79 Å². The molecule has 0 radical (unpaired) electrons. The predicted octanol–water partition coefficient (Wildman–Crippen LogP) is 4.42. The first kappa shape index (κ1) is 24.5. The third-order valence-corrected chi connectivity index (χ3v) is 8.57. The molecule has 3 heterocycles. The van der Waals surface area contributed by atoms with Gasteiger partial charge in [-0.1, -0.05) is 11.6 Å². The number of nitrogens with zero attached hydrogens (tertiary/aromatic N) is 2. The lowest BCUT2D eigenvalue weighted by Crippen LogP contribution is -2.45. The molecule has 1 aliphatic heterocycles. The lowest BCUT2D eigenvalue weighted by molar-refractivity contribution is -0.274. The SMILES string of the molecule is O=C(NCc1nc(-c2ccc(OC(F)(F)F)cc2)co1)[C@@H]1CCCN1S(=O)(=O)c1ccc(Cl)s1. The van der Waals surface area contributed by atoms with Gasteiger partial charge in [0.05, 0.1) is 10.9 Å². The summed E-state index contributed by atoms with van der Waals surface area (Å²) in [6.07, 6.45) is -2.58. The average molecular weight is 536 g/mol. The van der Waals surface area contributed by atoms with E-state index in [-0.39, 0.29) is 28.9 Å². The molecule has 0 bridgehead atoms. The van der Waals surface area contributed by atoms with E-state index in [0.29, 0.717) is 28.4 Å². The van der Waals surface area contributed by atoms with Crippen LogP contribution in [0.1, 0.15) is 18.7 Å². The van der Waals surface area contributed by atoms with Crippen LogP contribution in [-0.2, 0) is 21.4 Å². The van der Waals surface area contributed by atoms with Gasteiger partial charge in [-0.15, -0.1) is 24.5 Å². The Bertz CT molecular complexity index is 1280. The highest BCUT2D eigenvalue weighted by molar-refractivity contribution is 7.91. The molecule has 1 atom stereocenters. The molecule has 1 saturated heterocycles. The van der Waals surface area contributed by atoms with Crippen molar-refractivity contribution in [3.05, 3.63) is 52.9 Å². The fraction of sp³-hybridized carbons (Fsp3) is 0.300. The zero-order chi connectivity index (χ0) is 24.5. The number of amides is 1. The Hall–Kier alpha value is -2.61. The van der Waals surface area contributed by atoms with Gasteiger partial charge in [-0.25, -0.2) is 13.4 Å². The molecule has 34 heavy (non-hydrogen) atoms. The summed E-state index contributed by atoms with van der Waals surface area (Å²) in [5.41, 5.74) is 0.834. The molecule has 1 N–H and O–H groups in total. The summed E-state index contributed by atoms with van der Waals surface area (Å²) in [6.45, 7) is 0.121. The normalized spacial score (nSPS) is 17.1. The molecule has 1 aromatic carbocycles. The molecule has 0 aliphatic carbocycles. The summed E-state index contributed by atoms with van der Waals surface area (Å²) >= 11 is 6.78. The third kappa shape index (κ3) is 5.54. The molecule has 1 fully saturated rings. The van der Waals surface area contributed by atoms with Crippen LogP contribution < -0.4 is 10.1 Å². The van der Waals surface area contributed by atoms with E-state index in [4.69, 9.17) is 16.0 Å². The maximum Gasteiger partial charge on any atom is 0.573 e. The van der Waals surface area contributed by atoms with Crippen molar-refractivity contribution in [1.82, 2.24) is 14.6 Å². The Morgan fingerprint density at radius 3 is 2.65 bits per heavy atom. The van der Waals surface area contributed by atoms with E-state index in [9.17, 15) is 26.4 Å². The molecule has 182 valence electrons. The Labute approximate surface area is 201 Å². The van der Waals surface area contributed by atoms with E-state index in [1.54, 1.807) is 0 Å². The first-order valence-electron chi connectivity index (χ1n) is 9.88. The number of aromatic nitrogens is 1. The Balaban J connectivity index is 1.38. The van der Waals surface area contributed by atoms with Crippen LogP contribution in [0.25, 0.3) is 11.3 Å². The molecular formula is C20H17ClF3N3O5S2. The van der Waals surface area contributed by atoms with Gasteiger partial charge in [-0.05, 0) is 49.2 Å². The lowest BCUT2D eigenvalue weighted by Gasteiger charge is -2.22. The average Bonchev–Trinajstić information content (AvgIpc) is 3.52. The Kier molecular flexibility index (Phi) is 6.90. The van der Waals surface area contributed by atoms with Gasteiger partial charge in [0.1, 0.15) is 28.0 Å². The first-order valence-corrected chi connectivity index (χ1v) is 12.5. The van der Waals surface area contributed by atoms with E-state index >= 15 is 0 Å². The van der Waals surface area contributed by atoms with Crippen LogP contribution in [0.4, 0.5) is 13.2 Å². The molecule has 0 unspecified atom stereocenters. The number of carbonyl (C=O) groups excluding carboxylic acids is 1. The second-order valence-corrected chi connectivity index (χ2v) is 11.1. The third-order valence-electron chi connectivity index (χ3n) is 4.97. The van der Waals surface area contributed by atoms with Crippen LogP contribution >= 0.6 is 22.9 Å². The quantitative estimate of drug-likeness (QED) is 0.480. The van der Waals surface area contributed by atoms with Crippen molar-refractivity contribution in [3.8, 4) is 17.0 Å². The predicted molar refractivity (Wildman–Crippen MR) is 117 cm³/mol. The van der Waals surface area contributed by atoms with Gasteiger partial charge < -0.3 is 14.5 Å². The zero-order valence-corrected chi connectivity index (χ0v) is 19.6. The highest BCUT2D eigenvalue weighted by atomic mass is 35.5. The number of halogens is 4. The summed E-state index contributed by atoms with van der Waals surface area (Å²) in [5, 5.41) is 2.63. The van der Waals surface area contributed by atoms with Crippen LogP contribution in [-0.4, -0.2) is 42.6 Å². The lowest BCUT2D eigenvalue weighted by atomic mass is 10.2. The van der Waals surface area contributed by atoms with E-state index in [1.165, 1.54) is 30.5 Å². The number of ether oxygens (including phenoxy) is 1. The highest BCUT2D eigenvalue weighted by Crippen LogP contribution is 2.32. The number of rotatable bonds is 7. The summed E-state index contributed by atoms with van der Waals surface area (Å²) in [7, 11) is -3.86. The van der Waals surface area contributed by atoms with Gasteiger partial charge in [0.15, 0.2) is 0 Å². The molecule has 0 spiro atoms. The van der Waals surface area contributed by atoms with Crippen molar-refractivity contribution >= 4 is 38.9 Å². The van der Waals surface area contributed by atoms with Crippen LogP contribution in [0.3, 0.4) is 0 Å². The maximum atomic E-state index is 12.9. The number of carbonyl (C=O) groups is 1. The number of hydrogen-bond acceptors (Lipinski definition) is 7. The van der Waals surface area contributed by atoms with Crippen LogP contribution in [0.15, 0.2) is 51.3 Å². The van der Waals surface area contributed by atoms with Crippen LogP contribution in [0.2, 0.25) is 4.34 Å². The smallest absolute Gasteiger partial charge is 0.446 e. The topological polar surface area (TPSA) is 102 Å². The van der Waals surface area contributed by atoms with Crippen molar-refractivity contribution in [3.63, 3.8) is 0 Å². The number of hydrogen-bond donors (Lipinski definition) is 1. The second kappa shape index (κ2) is 9.56. The first-order chi connectivity index (χ1) is 16.0. The number of nitrogens with one attached hydrogen (secondary N) is 1. The number of benzene rings is 1. The summed E-state index contributed by atoms with van der Waals surface area (Å²) in [4.78, 5) is 16.9. The second-order valence-electron chi connectivity index (χ2n) is 7.25. The van der Waals surface area contributed by atoms with Crippen LogP contribution in [0.5, 0.6) is 5.75 Å². The minimum absolute atomic E-state index is 0.0706. The molecule has 14 heteroatoms.